The molecule has 20 nitrogen and oxygen atoms in total. The number of aliphatic hydroxyl groups is 2. The van der Waals surface area contributed by atoms with E-state index in [9.17, 15) is 48.6 Å². The quantitative estimate of drug-likeness (QED) is 0.279. The highest BCUT2D eigenvalue weighted by molar-refractivity contribution is 5.93. The number of esters is 8. The van der Waals surface area contributed by atoms with Gasteiger partial charge in [-0.1, -0.05) is 18.2 Å². The van der Waals surface area contributed by atoms with Gasteiger partial charge < -0.3 is 52.8 Å². The van der Waals surface area contributed by atoms with E-state index < -0.39 is 138 Å². The fraction of sp³-hybridized carbons (Fsp3) is 0.558. The smallest absolute Gasteiger partial charge is 0.350 e. The van der Waals surface area contributed by atoms with Gasteiger partial charge >= 0.3 is 47.8 Å². The van der Waals surface area contributed by atoms with Crippen molar-refractivity contribution in [1.82, 2.24) is 4.98 Å². The molecule has 0 radical (unpaired) electrons. The summed E-state index contributed by atoms with van der Waals surface area (Å²) < 4.78 is 53.9. The van der Waals surface area contributed by atoms with Crippen LogP contribution in [-0.2, 0) is 77.8 Å². The summed E-state index contributed by atoms with van der Waals surface area (Å²) in [6, 6.07) is 10.4. The summed E-state index contributed by atoms with van der Waals surface area (Å²) in [6.07, 6.45) is -12.1. The molecule has 6 rings (SSSR count). The summed E-state index contributed by atoms with van der Waals surface area (Å²) >= 11 is 0. The van der Waals surface area contributed by atoms with E-state index in [4.69, 9.17) is 42.6 Å². The second kappa shape index (κ2) is 16.9. The number of ether oxygens (including phenoxy) is 9. The second-order valence-corrected chi connectivity index (χ2v) is 16.7. The summed E-state index contributed by atoms with van der Waals surface area (Å²) in [4.78, 5) is 113. The van der Waals surface area contributed by atoms with Gasteiger partial charge in [-0.15, -0.1) is 0 Å². The van der Waals surface area contributed by atoms with Crippen LogP contribution in [0.15, 0.2) is 48.7 Å². The third kappa shape index (κ3) is 7.88. The van der Waals surface area contributed by atoms with E-state index >= 15 is 0 Å². The SMILES string of the molecule is CC(=O)OC[C@]12[C@H](OC(C)=O)[C@H](OC(C)=O)[C@@H]3[C@@H](O)[C@@]14O[C@@]3(C)COC(=O)c1cccnc1CC[C@](C)(OC(=O)c1ccccc1)C(=O)O[C@@H]([C@H](OC(C)=O)[C@@H]2OC(C)=O)[C@]4(C)O. The van der Waals surface area contributed by atoms with E-state index in [0.29, 0.717) is 0 Å². The normalized spacial score (nSPS) is 35.8. The minimum Gasteiger partial charge on any atom is -0.465 e. The van der Waals surface area contributed by atoms with Crippen LogP contribution in [-0.4, -0.2) is 135 Å². The minimum atomic E-state index is -2.96. The van der Waals surface area contributed by atoms with Gasteiger partial charge in [-0.3, -0.25) is 29.0 Å². The molecule has 2 N–H and O–H groups in total. The van der Waals surface area contributed by atoms with Crippen molar-refractivity contribution in [2.75, 3.05) is 13.2 Å². The second-order valence-electron chi connectivity index (χ2n) is 16.7. The van der Waals surface area contributed by atoms with Crippen molar-refractivity contribution in [3.63, 3.8) is 0 Å². The number of fused-ring (bicyclic) bond motifs is 5. The number of rotatable bonds is 8. The molecule has 4 bridgehead atoms. The van der Waals surface area contributed by atoms with Crippen LogP contribution in [0.5, 0.6) is 0 Å². The number of carbonyl (C=O) groups excluding carboxylic acids is 8. The standard InChI is InChI=1S/C43H49NO19/c1-21(45)55-20-42-34(59-24(4)48)30(57-22(2)46)29-32(50)43(42)41(8,54)33(31(58-23(3)47)35(42)60-25(5)49)61-38(53)39(6,62-36(51)26-13-10-9-11-14-26)17-16-28-27(15-12-18-44-28)37(52)56-19-40(29,7)63-43/h9-15,18,29-35,50,54H,16-17,19-20H2,1-8H3/t29-,30-,31+,32-,33+,34-,35+,39+,40+,41+,42-,43+/m1/s1. The average Bonchev–Trinajstić information content (AvgIpc) is 3.40. The molecular formula is C43H49NO19. The molecule has 340 valence electrons. The third-order valence-electron chi connectivity index (χ3n) is 12.3. The number of cyclic esters (lactones) is 1. The van der Waals surface area contributed by atoms with Crippen molar-refractivity contribution < 1.29 is 91.2 Å². The first-order valence-corrected chi connectivity index (χ1v) is 20.0. The van der Waals surface area contributed by atoms with Gasteiger partial charge in [0, 0.05) is 47.2 Å². The predicted molar refractivity (Wildman–Crippen MR) is 207 cm³/mol. The van der Waals surface area contributed by atoms with E-state index in [1.165, 1.54) is 44.3 Å². The average molecular weight is 884 g/mol. The number of aromatic nitrogens is 1. The summed E-state index contributed by atoms with van der Waals surface area (Å²) in [5.41, 5.74) is -13.0. The van der Waals surface area contributed by atoms with Crippen molar-refractivity contribution in [3.05, 3.63) is 65.5 Å². The minimum absolute atomic E-state index is 0.0184. The van der Waals surface area contributed by atoms with Gasteiger partial charge in [-0.05, 0) is 51.5 Å². The first kappa shape index (κ1) is 46.5. The Morgan fingerprint density at radius 3 is 1.97 bits per heavy atom. The molecule has 2 saturated carbocycles. The maximum atomic E-state index is 15.0. The first-order valence-electron chi connectivity index (χ1n) is 20.0. The monoisotopic (exact) mass is 883 g/mol. The number of hydrogen-bond acceptors (Lipinski definition) is 20. The summed E-state index contributed by atoms with van der Waals surface area (Å²) in [5.74, 6) is -10.3. The van der Waals surface area contributed by atoms with E-state index in [0.717, 1.165) is 41.5 Å². The molecule has 2 aliphatic carbocycles. The van der Waals surface area contributed by atoms with Crippen molar-refractivity contribution in [3.8, 4) is 0 Å². The molecule has 2 aliphatic heterocycles. The highest BCUT2D eigenvalue weighted by Crippen LogP contribution is 2.69. The van der Waals surface area contributed by atoms with Crippen LogP contribution in [0.25, 0.3) is 0 Å². The number of hydrogen-bond donors (Lipinski definition) is 2. The van der Waals surface area contributed by atoms with Gasteiger partial charge in [0.05, 0.1) is 28.8 Å². The molecule has 2 aromatic rings. The van der Waals surface area contributed by atoms with E-state index in [1.807, 2.05) is 0 Å². The lowest BCUT2D eigenvalue weighted by Crippen LogP contribution is -2.89. The predicted octanol–water partition coefficient (Wildman–Crippen LogP) is 1.27. The molecular weight excluding hydrogens is 834 g/mol. The topological polar surface area (TPSA) is 273 Å². The number of nitrogens with zero attached hydrogens (tertiary/aromatic N) is 1. The molecule has 1 aromatic heterocycles. The van der Waals surface area contributed by atoms with Gasteiger partial charge in [0.15, 0.2) is 24.4 Å². The van der Waals surface area contributed by atoms with Crippen LogP contribution in [0.2, 0.25) is 0 Å². The third-order valence-corrected chi connectivity index (χ3v) is 12.3. The van der Waals surface area contributed by atoms with Gasteiger partial charge in [-0.25, -0.2) is 14.4 Å². The highest BCUT2D eigenvalue weighted by Gasteiger charge is 2.91. The van der Waals surface area contributed by atoms with Gasteiger partial charge in [-0.2, -0.15) is 0 Å². The molecule has 63 heavy (non-hydrogen) atoms. The number of aliphatic hydroxyl groups excluding tert-OH is 1. The molecule has 0 amide bonds. The van der Waals surface area contributed by atoms with Gasteiger partial charge in [0.2, 0.25) is 5.60 Å². The molecule has 3 fully saturated rings. The lowest BCUT2D eigenvalue weighted by atomic mass is 9.45. The highest BCUT2D eigenvalue weighted by atomic mass is 16.7. The van der Waals surface area contributed by atoms with Crippen molar-refractivity contribution in [1.29, 1.82) is 0 Å². The zero-order chi connectivity index (χ0) is 46.4. The first-order chi connectivity index (χ1) is 29.5. The maximum absolute atomic E-state index is 15.0. The van der Waals surface area contributed by atoms with Crippen LogP contribution in [0, 0.1) is 11.3 Å². The Morgan fingerprint density at radius 2 is 1.38 bits per heavy atom. The molecule has 20 heteroatoms. The number of carbonyl (C=O) groups is 8. The Kier molecular flexibility index (Phi) is 12.5. The zero-order valence-electron chi connectivity index (χ0n) is 35.8. The number of aryl methyl sites for hydroxylation is 1. The van der Waals surface area contributed by atoms with E-state index in [1.54, 1.807) is 18.2 Å². The van der Waals surface area contributed by atoms with Gasteiger partial charge in [0.25, 0.3) is 0 Å². The fourth-order valence-electron chi connectivity index (χ4n) is 9.79. The fourth-order valence-corrected chi connectivity index (χ4v) is 9.79. The largest absolute Gasteiger partial charge is 0.465 e. The molecule has 3 heterocycles. The Hall–Kier alpha value is -5.99. The van der Waals surface area contributed by atoms with Crippen LogP contribution in [0.4, 0.5) is 0 Å². The number of pyridine rings is 1. The zero-order valence-corrected chi connectivity index (χ0v) is 35.8. The molecule has 1 aromatic carbocycles. The van der Waals surface area contributed by atoms with E-state index in [-0.39, 0.29) is 23.2 Å². The van der Waals surface area contributed by atoms with E-state index in [2.05, 4.69) is 4.98 Å². The van der Waals surface area contributed by atoms with Gasteiger partial charge in [0.1, 0.15) is 41.5 Å². The Bertz CT molecular complexity index is 2190. The molecule has 1 spiro atoms. The van der Waals surface area contributed by atoms with Crippen molar-refractivity contribution >= 4 is 47.8 Å². The molecule has 4 aliphatic rings. The Morgan fingerprint density at radius 1 is 0.794 bits per heavy atom. The number of benzene rings is 1. The van der Waals surface area contributed by atoms with Crippen molar-refractivity contribution in [2.24, 2.45) is 11.3 Å². The van der Waals surface area contributed by atoms with Crippen LogP contribution in [0.1, 0.15) is 88.2 Å². The van der Waals surface area contributed by atoms with Crippen LogP contribution >= 0.6 is 0 Å². The van der Waals surface area contributed by atoms with Crippen LogP contribution in [0.3, 0.4) is 0 Å². The molecule has 12 atom stereocenters. The summed E-state index contributed by atoms with van der Waals surface area (Å²) in [5, 5.41) is 26.4. The summed E-state index contributed by atoms with van der Waals surface area (Å²) in [7, 11) is 0. The Balaban J connectivity index is 1.71. The maximum Gasteiger partial charge on any atom is 0.350 e. The molecule has 1 saturated heterocycles. The van der Waals surface area contributed by atoms with Crippen LogP contribution < -0.4 is 0 Å². The lowest BCUT2D eigenvalue weighted by Gasteiger charge is -2.67. The Labute approximate surface area is 360 Å². The molecule has 0 unspecified atom stereocenters. The lowest BCUT2D eigenvalue weighted by molar-refractivity contribution is -0.387. The van der Waals surface area contributed by atoms with Crippen molar-refractivity contribution in [2.45, 2.75) is 127 Å². The summed E-state index contributed by atoms with van der Waals surface area (Å²) in [6.45, 7) is 6.42.